The zero-order chi connectivity index (χ0) is 13.9. The minimum atomic E-state index is -0.506. The molecule has 0 fully saturated rings. The third-order valence-electron chi connectivity index (χ3n) is 2.81. The predicted molar refractivity (Wildman–Crippen MR) is 73.4 cm³/mol. The number of aliphatic imine (C=N–C) groups is 1. The van der Waals surface area contributed by atoms with Crippen molar-refractivity contribution in [3.8, 4) is 0 Å². The van der Waals surface area contributed by atoms with E-state index in [9.17, 15) is 9.18 Å². The van der Waals surface area contributed by atoms with Gasteiger partial charge >= 0.3 is 5.97 Å². The molecule has 3 nitrogen and oxygen atoms in total. The smallest absolute Gasteiger partial charge is 0.363 e. The number of rotatable bonds is 2. The first-order chi connectivity index (χ1) is 9.72. The molecule has 2 aromatic rings. The maximum Gasteiger partial charge on any atom is 0.363 e. The van der Waals surface area contributed by atoms with Crippen LogP contribution < -0.4 is 0 Å². The van der Waals surface area contributed by atoms with E-state index in [0.717, 1.165) is 5.56 Å². The summed E-state index contributed by atoms with van der Waals surface area (Å²) in [6.45, 7) is 0. The largest absolute Gasteiger partial charge is 0.402 e. The predicted octanol–water partition coefficient (Wildman–Crippen LogP) is 3.17. The van der Waals surface area contributed by atoms with Crippen molar-refractivity contribution < 1.29 is 13.9 Å². The Morgan fingerprint density at radius 3 is 2.40 bits per heavy atom. The van der Waals surface area contributed by atoms with Crippen molar-refractivity contribution in [2.45, 2.75) is 0 Å². The van der Waals surface area contributed by atoms with Gasteiger partial charge in [0.2, 0.25) is 5.90 Å². The van der Waals surface area contributed by atoms with Crippen molar-refractivity contribution in [2.75, 3.05) is 0 Å². The number of carbonyl (C=O) groups is 1. The fourth-order valence-electron chi connectivity index (χ4n) is 1.83. The number of hydrogen-bond donors (Lipinski definition) is 0. The Bertz CT molecular complexity index is 703. The highest BCUT2D eigenvalue weighted by Crippen LogP contribution is 2.19. The molecule has 1 heterocycles. The summed E-state index contributed by atoms with van der Waals surface area (Å²) in [5.74, 6) is -0.549. The molecule has 0 aromatic heterocycles. The van der Waals surface area contributed by atoms with Gasteiger partial charge in [-0.2, -0.15) is 0 Å². The number of hydrogen-bond acceptors (Lipinski definition) is 3. The molecule has 0 bridgehead atoms. The topological polar surface area (TPSA) is 38.7 Å². The van der Waals surface area contributed by atoms with Crippen molar-refractivity contribution in [1.29, 1.82) is 0 Å². The van der Waals surface area contributed by atoms with E-state index in [2.05, 4.69) is 4.99 Å². The molecule has 20 heavy (non-hydrogen) atoms. The van der Waals surface area contributed by atoms with Crippen LogP contribution in [0, 0.1) is 5.82 Å². The molecule has 0 amide bonds. The maximum atomic E-state index is 12.8. The third kappa shape index (κ3) is 2.49. The second kappa shape index (κ2) is 5.09. The van der Waals surface area contributed by atoms with Crippen molar-refractivity contribution in [3.05, 3.63) is 77.2 Å². The van der Waals surface area contributed by atoms with Gasteiger partial charge in [0, 0.05) is 5.56 Å². The van der Waals surface area contributed by atoms with Crippen LogP contribution in [0.5, 0.6) is 0 Å². The number of carbonyl (C=O) groups excluding carboxylic acids is 1. The van der Waals surface area contributed by atoms with Crippen molar-refractivity contribution in [2.24, 2.45) is 4.99 Å². The summed E-state index contributed by atoms with van der Waals surface area (Å²) in [5, 5.41) is 0. The molecular formula is C16H10FNO2. The molecule has 1 aliphatic rings. The Kier molecular flexibility index (Phi) is 3.13. The lowest BCUT2D eigenvalue weighted by atomic mass is 10.2. The lowest BCUT2D eigenvalue weighted by Gasteiger charge is -1.97. The summed E-state index contributed by atoms with van der Waals surface area (Å²) < 4.78 is 17.9. The van der Waals surface area contributed by atoms with Gasteiger partial charge in [0.25, 0.3) is 0 Å². The number of ether oxygens (including phenoxy) is 1. The molecule has 3 rings (SSSR count). The standard InChI is InChI=1S/C16H10FNO2/c17-13-8-6-11(7-9-13)10-14-16(19)20-15(18-14)12-4-2-1-3-5-12/h1-10H/b14-10+. The minimum Gasteiger partial charge on any atom is -0.402 e. The van der Waals surface area contributed by atoms with E-state index in [0.29, 0.717) is 5.56 Å². The van der Waals surface area contributed by atoms with Crippen LogP contribution in [0.25, 0.3) is 6.08 Å². The summed E-state index contributed by atoms with van der Waals surface area (Å²) in [6.07, 6.45) is 1.57. The Hall–Kier alpha value is -2.75. The molecule has 4 heteroatoms. The van der Waals surface area contributed by atoms with Crippen molar-refractivity contribution in [1.82, 2.24) is 0 Å². The van der Waals surface area contributed by atoms with Gasteiger partial charge in [-0.1, -0.05) is 30.3 Å². The zero-order valence-electron chi connectivity index (χ0n) is 10.4. The van der Waals surface area contributed by atoms with Gasteiger partial charge < -0.3 is 4.74 Å². The molecular weight excluding hydrogens is 257 g/mol. The van der Waals surface area contributed by atoms with E-state index < -0.39 is 5.97 Å². The van der Waals surface area contributed by atoms with Crippen molar-refractivity contribution in [3.63, 3.8) is 0 Å². The van der Waals surface area contributed by atoms with Crippen LogP contribution in [-0.2, 0) is 9.53 Å². The molecule has 0 unspecified atom stereocenters. The number of esters is 1. The lowest BCUT2D eigenvalue weighted by Crippen LogP contribution is -2.04. The first-order valence-corrected chi connectivity index (χ1v) is 6.06. The van der Waals surface area contributed by atoms with Crippen LogP contribution in [0.15, 0.2) is 65.3 Å². The summed E-state index contributed by atoms with van der Waals surface area (Å²) in [5.41, 5.74) is 1.63. The van der Waals surface area contributed by atoms with Crippen LogP contribution in [0.4, 0.5) is 4.39 Å². The SMILES string of the molecule is O=C1OC(c2ccccc2)=N/C1=C/c1ccc(F)cc1. The van der Waals surface area contributed by atoms with E-state index in [1.54, 1.807) is 18.2 Å². The Labute approximate surface area is 115 Å². The number of halogens is 1. The first kappa shape index (κ1) is 12.3. The normalized spacial score (nSPS) is 16.1. The number of benzene rings is 2. The van der Waals surface area contributed by atoms with Crippen LogP contribution >= 0.6 is 0 Å². The molecule has 0 saturated carbocycles. The van der Waals surface area contributed by atoms with Crippen LogP contribution in [0.3, 0.4) is 0 Å². The highest BCUT2D eigenvalue weighted by Gasteiger charge is 2.23. The first-order valence-electron chi connectivity index (χ1n) is 6.06. The molecule has 0 spiro atoms. The second-order valence-corrected chi connectivity index (χ2v) is 4.25. The Balaban J connectivity index is 1.92. The fourth-order valence-corrected chi connectivity index (χ4v) is 1.83. The van der Waals surface area contributed by atoms with Gasteiger partial charge in [0.15, 0.2) is 5.70 Å². The summed E-state index contributed by atoms with van der Waals surface area (Å²) in [7, 11) is 0. The molecule has 0 radical (unpaired) electrons. The Morgan fingerprint density at radius 1 is 1.00 bits per heavy atom. The molecule has 0 saturated heterocycles. The molecule has 98 valence electrons. The summed E-state index contributed by atoms with van der Waals surface area (Å²) in [6, 6.07) is 15.0. The average molecular weight is 267 g/mol. The van der Waals surface area contributed by atoms with Crippen molar-refractivity contribution >= 4 is 17.9 Å². The quantitative estimate of drug-likeness (QED) is 0.619. The Morgan fingerprint density at radius 2 is 1.70 bits per heavy atom. The highest BCUT2D eigenvalue weighted by atomic mass is 19.1. The van der Waals surface area contributed by atoms with Crippen LogP contribution in [-0.4, -0.2) is 11.9 Å². The van der Waals surface area contributed by atoms with Gasteiger partial charge in [-0.3, -0.25) is 0 Å². The molecule has 0 aliphatic carbocycles. The van der Waals surface area contributed by atoms with Gasteiger partial charge in [-0.25, -0.2) is 14.2 Å². The lowest BCUT2D eigenvalue weighted by molar-refractivity contribution is -0.129. The van der Waals surface area contributed by atoms with Crippen LogP contribution in [0.2, 0.25) is 0 Å². The molecule has 0 atom stereocenters. The molecule has 2 aromatic carbocycles. The van der Waals surface area contributed by atoms with Gasteiger partial charge in [0.1, 0.15) is 5.82 Å². The second-order valence-electron chi connectivity index (χ2n) is 4.25. The minimum absolute atomic E-state index is 0.204. The van der Waals surface area contributed by atoms with E-state index in [1.807, 2.05) is 30.3 Å². The van der Waals surface area contributed by atoms with Gasteiger partial charge in [0.05, 0.1) is 0 Å². The van der Waals surface area contributed by atoms with Gasteiger partial charge in [-0.05, 0) is 35.9 Å². The highest BCUT2D eigenvalue weighted by molar-refractivity contribution is 6.12. The van der Waals surface area contributed by atoms with E-state index in [4.69, 9.17) is 4.74 Å². The third-order valence-corrected chi connectivity index (χ3v) is 2.81. The molecule has 1 aliphatic heterocycles. The average Bonchev–Trinajstić information content (AvgIpc) is 2.84. The zero-order valence-corrected chi connectivity index (χ0v) is 10.4. The summed E-state index contributed by atoms with van der Waals surface area (Å²) >= 11 is 0. The van der Waals surface area contributed by atoms with E-state index >= 15 is 0 Å². The van der Waals surface area contributed by atoms with Crippen LogP contribution in [0.1, 0.15) is 11.1 Å². The number of cyclic esters (lactones) is 1. The van der Waals surface area contributed by atoms with Gasteiger partial charge in [-0.15, -0.1) is 0 Å². The van der Waals surface area contributed by atoms with E-state index in [-0.39, 0.29) is 17.4 Å². The fraction of sp³-hybridized carbons (Fsp3) is 0. The molecule has 0 N–H and O–H groups in total. The number of nitrogens with zero attached hydrogens (tertiary/aromatic N) is 1. The monoisotopic (exact) mass is 267 g/mol. The van der Waals surface area contributed by atoms with E-state index in [1.165, 1.54) is 12.1 Å². The maximum absolute atomic E-state index is 12.8. The summed E-state index contributed by atoms with van der Waals surface area (Å²) in [4.78, 5) is 15.9.